The summed E-state index contributed by atoms with van der Waals surface area (Å²) in [6.07, 6.45) is 0. The summed E-state index contributed by atoms with van der Waals surface area (Å²) < 4.78 is 24.0. The maximum atomic E-state index is 12.0. The second-order valence-corrected chi connectivity index (χ2v) is 6.02. The van der Waals surface area contributed by atoms with E-state index in [1.807, 2.05) is 13.8 Å². The highest BCUT2D eigenvalue weighted by Gasteiger charge is 2.15. The molecule has 0 radical (unpaired) electrons. The van der Waals surface area contributed by atoms with Crippen molar-refractivity contribution in [3.05, 3.63) is 24.3 Å². The predicted octanol–water partition coefficient (Wildman–Crippen LogP) is 1.38. The van der Waals surface area contributed by atoms with Crippen LogP contribution >= 0.6 is 0 Å². The van der Waals surface area contributed by atoms with Gasteiger partial charge in [0.25, 0.3) is 0 Å². The van der Waals surface area contributed by atoms with Gasteiger partial charge in [-0.15, -0.1) is 0 Å². The van der Waals surface area contributed by atoms with E-state index >= 15 is 0 Å². The molecular weight excluding hydrogens is 236 g/mol. The number of nitrogen functional groups attached to an aromatic ring is 1. The van der Waals surface area contributed by atoms with Crippen LogP contribution < -0.4 is 5.73 Å². The van der Waals surface area contributed by atoms with Crippen LogP contribution in [-0.2, 0) is 9.84 Å². The highest BCUT2D eigenvalue weighted by molar-refractivity contribution is 7.91. The third kappa shape index (κ3) is 4.02. The molecule has 0 spiro atoms. The van der Waals surface area contributed by atoms with Crippen LogP contribution in [0.4, 0.5) is 5.69 Å². The molecular formula is C12H20N2O2S. The van der Waals surface area contributed by atoms with Crippen LogP contribution in [-0.4, -0.2) is 38.7 Å². The Morgan fingerprint density at radius 1 is 1.12 bits per heavy atom. The number of sulfone groups is 1. The molecule has 1 aromatic carbocycles. The van der Waals surface area contributed by atoms with Crippen molar-refractivity contribution in [2.45, 2.75) is 18.7 Å². The lowest BCUT2D eigenvalue weighted by atomic mass is 10.3. The Morgan fingerprint density at radius 2 is 1.65 bits per heavy atom. The fourth-order valence-corrected chi connectivity index (χ4v) is 2.87. The van der Waals surface area contributed by atoms with Gasteiger partial charge in [0.1, 0.15) is 0 Å². The van der Waals surface area contributed by atoms with E-state index in [4.69, 9.17) is 5.73 Å². The number of hydrogen-bond acceptors (Lipinski definition) is 4. The Balaban J connectivity index is 2.72. The first kappa shape index (κ1) is 14.0. The van der Waals surface area contributed by atoms with E-state index in [9.17, 15) is 8.42 Å². The molecule has 0 unspecified atom stereocenters. The molecule has 0 fully saturated rings. The zero-order valence-corrected chi connectivity index (χ0v) is 11.2. The van der Waals surface area contributed by atoms with Crippen molar-refractivity contribution in [3.8, 4) is 0 Å². The minimum absolute atomic E-state index is 0.151. The van der Waals surface area contributed by atoms with Crippen LogP contribution in [0.3, 0.4) is 0 Å². The molecule has 1 rings (SSSR count). The van der Waals surface area contributed by atoms with Gasteiger partial charge in [-0.1, -0.05) is 13.8 Å². The number of nitrogens with zero attached hydrogens (tertiary/aromatic N) is 1. The standard InChI is InChI=1S/C12H20N2O2S/c1-3-14(4-2)9-10-17(15,16)12-7-5-11(13)6-8-12/h5-8H,3-4,9-10,13H2,1-2H3. The highest BCUT2D eigenvalue weighted by Crippen LogP contribution is 2.13. The molecule has 0 saturated carbocycles. The smallest absolute Gasteiger partial charge is 0.179 e. The van der Waals surface area contributed by atoms with Gasteiger partial charge < -0.3 is 10.6 Å². The van der Waals surface area contributed by atoms with Gasteiger partial charge in [0.2, 0.25) is 0 Å². The van der Waals surface area contributed by atoms with Gasteiger partial charge in [-0.25, -0.2) is 8.42 Å². The lowest BCUT2D eigenvalue weighted by Gasteiger charge is -2.17. The molecule has 0 aliphatic rings. The number of hydrogen-bond donors (Lipinski definition) is 1. The minimum atomic E-state index is -3.19. The first-order valence-corrected chi connectivity index (χ1v) is 7.45. The number of nitrogens with two attached hydrogens (primary N) is 1. The highest BCUT2D eigenvalue weighted by atomic mass is 32.2. The van der Waals surface area contributed by atoms with Crippen molar-refractivity contribution >= 4 is 15.5 Å². The van der Waals surface area contributed by atoms with Crippen LogP contribution in [0.15, 0.2) is 29.2 Å². The Kier molecular flexibility index (Phi) is 4.96. The molecule has 17 heavy (non-hydrogen) atoms. The maximum Gasteiger partial charge on any atom is 0.179 e. The zero-order chi connectivity index (χ0) is 12.9. The lowest BCUT2D eigenvalue weighted by molar-refractivity contribution is 0.321. The number of benzene rings is 1. The van der Waals surface area contributed by atoms with Crippen LogP contribution in [0, 0.1) is 0 Å². The third-order valence-electron chi connectivity index (χ3n) is 2.81. The van der Waals surface area contributed by atoms with Crippen LogP contribution in [0.25, 0.3) is 0 Å². The van der Waals surface area contributed by atoms with Gasteiger partial charge in [0.05, 0.1) is 10.6 Å². The van der Waals surface area contributed by atoms with Crippen molar-refractivity contribution in [2.24, 2.45) is 0 Å². The van der Waals surface area contributed by atoms with Crippen LogP contribution in [0.1, 0.15) is 13.8 Å². The van der Waals surface area contributed by atoms with Crippen LogP contribution in [0.5, 0.6) is 0 Å². The summed E-state index contributed by atoms with van der Waals surface area (Å²) in [6.45, 7) is 6.36. The van der Waals surface area contributed by atoms with Crippen molar-refractivity contribution in [1.29, 1.82) is 0 Å². The minimum Gasteiger partial charge on any atom is -0.399 e. The van der Waals surface area contributed by atoms with E-state index < -0.39 is 9.84 Å². The SMILES string of the molecule is CCN(CC)CCS(=O)(=O)c1ccc(N)cc1. The first-order valence-electron chi connectivity index (χ1n) is 5.80. The third-order valence-corrected chi connectivity index (χ3v) is 4.52. The van der Waals surface area contributed by atoms with Gasteiger partial charge in [-0.2, -0.15) is 0 Å². The van der Waals surface area contributed by atoms with E-state index in [0.29, 0.717) is 17.1 Å². The summed E-state index contributed by atoms with van der Waals surface area (Å²) in [5, 5.41) is 0. The topological polar surface area (TPSA) is 63.4 Å². The molecule has 0 aromatic heterocycles. The molecule has 1 aromatic rings. The number of rotatable bonds is 6. The van der Waals surface area contributed by atoms with Crippen molar-refractivity contribution in [3.63, 3.8) is 0 Å². The summed E-state index contributed by atoms with van der Waals surface area (Å²) in [7, 11) is -3.19. The second kappa shape index (κ2) is 6.02. The summed E-state index contributed by atoms with van der Waals surface area (Å²) in [6, 6.07) is 6.36. The van der Waals surface area contributed by atoms with Gasteiger partial charge in [0, 0.05) is 12.2 Å². The molecule has 96 valence electrons. The average molecular weight is 256 g/mol. The molecule has 5 heteroatoms. The summed E-state index contributed by atoms with van der Waals surface area (Å²) in [4.78, 5) is 2.44. The zero-order valence-electron chi connectivity index (χ0n) is 10.4. The normalized spacial score (nSPS) is 11.9. The second-order valence-electron chi connectivity index (χ2n) is 3.91. The van der Waals surface area contributed by atoms with Crippen molar-refractivity contribution < 1.29 is 8.42 Å². The molecule has 0 atom stereocenters. The van der Waals surface area contributed by atoms with Crippen LogP contribution in [0.2, 0.25) is 0 Å². The van der Waals surface area contributed by atoms with E-state index in [0.717, 1.165) is 13.1 Å². The molecule has 0 aliphatic carbocycles. The van der Waals surface area contributed by atoms with Gasteiger partial charge in [-0.3, -0.25) is 0 Å². The Bertz CT molecular complexity index is 436. The van der Waals surface area contributed by atoms with E-state index in [2.05, 4.69) is 4.90 Å². The average Bonchev–Trinajstić information content (AvgIpc) is 2.31. The van der Waals surface area contributed by atoms with Gasteiger partial charge >= 0.3 is 0 Å². The quantitative estimate of drug-likeness (QED) is 0.781. The molecule has 0 heterocycles. The predicted molar refractivity (Wildman–Crippen MR) is 70.7 cm³/mol. The fraction of sp³-hybridized carbons (Fsp3) is 0.500. The molecule has 0 saturated heterocycles. The fourth-order valence-electron chi connectivity index (χ4n) is 1.58. The summed E-state index contributed by atoms with van der Waals surface area (Å²) in [5.74, 6) is 0.151. The summed E-state index contributed by atoms with van der Waals surface area (Å²) in [5.41, 5.74) is 6.11. The molecule has 0 bridgehead atoms. The maximum absolute atomic E-state index is 12.0. The van der Waals surface area contributed by atoms with E-state index in [1.54, 1.807) is 24.3 Å². The first-order chi connectivity index (χ1) is 7.99. The van der Waals surface area contributed by atoms with Crippen molar-refractivity contribution in [1.82, 2.24) is 4.90 Å². The largest absolute Gasteiger partial charge is 0.399 e. The Hall–Kier alpha value is -1.07. The molecule has 2 N–H and O–H groups in total. The number of anilines is 1. The Morgan fingerprint density at radius 3 is 2.12 bits per heavy atom. The Labute approximate surface area is 103 Å². The van der Waals surface area contributed by atoms with E-state index in [1.165, 1.54) is 0 Å². The van der Waals surface area contributed by atoms with Crippen molar-refractivity contribution in [2.75, 3.05) is 31.1 Å². The van der Waals surface area contributed by atoms with E-state index in [-0.39, 0.29) is 5.75 Å². The lowest BCUT2D eigenvalue weighted by Crippen LogP contribution is -2.29. The summed E-state index contributed by atoms with van der Waals surface area (Å²) >= 11 is 0. The van der Waals surface area contributed by atoms with Gasteiger partial charge in [-0.05, 0) is 37.4 Å². The molecule has 0 aliphatic heterocycles. The van der Waals surface area contributed by atoms with Gasteiger partial charge in [0.15, 0.2) is 9.84 Å². The monoisotopic (exact) mass is 256 g/mol. The molecule has 0 amide bonds. The molecule has 4 nitrogen and oxygen atoms in total.